The van der Waals surface area contributed by atoms with Gasteiger partial charge in [0, 0.05) is 18.2 Å². The van der Waals surface area contributed by atoms with Gasteiger partial charge in [0.05, 0.1) is 33.4 Å². The van der Waals surface area contributed by atoms with E-state index >= 15 is 0 Å². The number of anilines is 1. The Kier molecular flexibility index (Phi) is 5.29. The van der Waals surface area contributed by atoms with Crippen LogP contribution in [0.3, 0.4) is 0 Å². The van der Waals surface area contributed by atoms with Crippen LogP contribution in [0.5, 0.6) is 0 Å². The Balaban J connectivity index is 1.81. The van der Waals surface area contributed by atoms with Crippen molar-refractivity contribution in [2.75, 3.05) is 11.9 Å². The van der Waals surface area contributed by atoms with Crippen LogP contribution in [0.25, 0.3) is 11.0 Å². The van der Waals surface area contributed by atoms with Crippen molar-refractivity contribution >= 4 is 28.5 Å². The summed E-state index contributed by atoms with van der Waals surface area (Å²) >= 11 is 0. The summed E-state index contributed by atoms with van der Waals surface area (Å²) in [6.07, 6.45) is 2.17. The van der Waals surface area contributed by atoms with E-state index < -0.39 is 0 Å². The second-order valence-corrected chi connectivity index (χ2v) is 9.09. The third-order valence-corrected chi connectivity index (χ3v) is 5.47. The molecule has 0 aliphatic heterocycles. The van der Waals surface area contributed by atoms with Crippen LogP contribution in [0.15, 0.2) is 30.3 Å². The molecule has 2 aromatic heterocycles. The molecule has 0 spiro atoms. The second-order valence-electron chi connectivity index (χ2n) is 9.09. The molecule has 2 heterocycles. The van der Waals surface area contributed by atoms with E-state index in [1.54, 1.807) is 24.3 Å². The molecule has 7 nitrogen and oxygen atoms in total. The van der Waals surface area contributed by atoms with E-state index in [4.69, 9.17) is 10.1 Å². The summed E-state index contributed by atoms with van der Waals surface area (Å²) in [6, 6.07) is 8.94. The first kappa shape index (κ1) is 21.0. The van der Waals surface area contributed by atoms with Gasteiger partial charge in [0.1, 0.15) is 0 Å². The molecule has 0 radical (unpaired) electrons. The molecule has 2 amide bonds. The molecule has 4 rings (SSSR count). The Hall–Kier alpha value is -3.22. The van der Waals surface area contributed by atoms with E-state index in [0.29, 0.717) is 29.3 Å². The summed E-state index contributed by atoms with van der Waals surface area (Å²) in [5, 5.41) is 11.2. The van der Waals surface area contributed by atoms with E-state index in [-0.39, 0.29) is 17.4 Å². The summed E-state index contributed by atoms with van der Waals surface area (Å²) in [4.78, 5) is 30.8. The van der Waals surface area contributed by atoms with E-state index in [1.807, 2.05) is 24.6 Å². The molecule has 1 fully saturated rings. The number of hydrogen-bond donors (Lipinski definition) is 2. The van der Waals surface area contributed by atoms with Gasteiger partial charge in [-0.25, -0.2) is 9.67 Å². The van der Waals surface area contributed by atoms with Crippen LogP contribution in [0.1, 0.15) is 78.6 Å². The van der Waals surface area contributed by atoms with Crippen molar-refractivity contribution in [1.82, 2.24) is 20.1 Å². The van der Waals surface area contributed by atoms with Gasteiger partial charge in [-0.15, -0.1) is 0 Å². The number of rotatable bonds is 5. The molecule has 1 aliphatic rings. The summed E-state index contributed by atoms with van der Waals surface area (Å²) in [6.45, 7) is 10.5. The molecule has 3 aromatic rings. The normalized spacial score (nSPS) is 14.0. The SMILES string of the molecule is CCNC(=O)c1ccccc1NC(=O)c1cc(C2CC2)nc2c1c(C)nn2C(C)(C)C. The van der Waals surface area contributed by atoms with Crippen molar-refractivity contribution in [2.24, 2.45) is 0 Å². The molecule has 0 atom stereocenters. The first-order valence-corrected chi connectivity index (χ1v) is 10.8. The Bertz CT molecular complexity index is 1170. The van der Waals surface area contributed by atoms with Gasteiger partial charge in [0.2, 0.25) is 0 Å². The highest BCUT2D eigenvalue weighted by Crippen LogP contribution is 2.41. The van der Waals surface area contributed by atoms with Crippen LogP contribution in [0, 0.1) is 6.92 Å². The monoisotopic (exact) mass is 419 g/mol. The predicted molar refractivity (Wildman–Crippen MR) is 122 cm³/mol. The number of para-hydroxylation sites is 1. The summed E-state index contributed by atoms with van der Waals surface area (Å²) in [5.41, 5.74) is 3.63. The highest BCUT2D eigenvalue weighted by molar-refractivity contribution is 6.14. The Morgan fingerprint density at radius 1 is 1.13 bits per heavy atom. The molecule has 7 heteroatoms. The molecule has 1 saturated carbocycles. The van der Waals surface area contributed by atoms with Crippen LogP contribution >= 0.6 is 0 Å². The molecule has 162 valence electrons. The highest BCUT2D eigenvalue weighted by Gasteiger charge is 2.30. The zero-order valence-electron chi connectivity index (χ0n) is 18.7. The minimum absolute atomic E-state index is 0.214. The van der Waals surface area contributed by atoms with Crippen LogP contribution in [0.4, 0.5) is 5.69 Å². The van der Waals surface area contributed by atoms with Gasteiger partial charge < -0.3 is 10.6 Å². The van der Waals surface area contributed by atoms with Gasteiger partial charge in [-0.05, 0) is 65.7 Å². The number of hydrogen-bond acceptors (Lipinski definition) is 4. The highest BCUT2D eigenvalue weighted by atomic mass is 16.2. The quantitative estimate of drug-likeness (QED) is 0.642. The Morgan fingerprint density at radius 3 is 2.48 bits per heavy atom. The van der Waals surface area contributed by atoms with Crippen LogP contribution in [-0.4, -0.2) is 33.1 Å². The lowest BCUT2D eigenvalue weighted by molar-refractivity contribution is 0.0956. The molecule has 0 saturated heterocycles. The molecule has 1 aromatic carbocycles. The molecule has 31 heavy (non-hydrogen) atoms. The van der Waals surface area contributed by atoms with E-state index in [0.717, 1.165) is 35.3 Å². The topological polar surface area (TPSA) is 88.9 Å². The van der Waals surface area contributed by atoms with Crippen molar-refractivity contribution in [3.8, 4) is 0 Å². The summed E-state index contributed by atoms with van der Waals surface area (Å²) in [7, 11) is 0. The number of aryl methyl sites for hydroxylation is 1. The number of benzene rings is 1. The maximum atomic E-state index is 13.5. The van der Waals surface area contributed by atoms with Gasteiger partial charge in [-0.3, -0.25) is 9.59 Å². The minimum Gasteiger partial charge on any atom is -0.352 e. The summed E-state index contributed by atoms with van der Waals surface area (Å²) < 4.78 is 1.91. The third kappa shape index (κ3) is 4.04. The van der Waals surface area contributed by atoms with Crippen molar-refractivity contribution in [3.63, 3.8) is 0 Å². The second kappa shape index (κ2) is 7.80. The number of nitrogens with one attached hydrogen (secondary N) is 2. The number of fused-ring (bicyclic) bond motifs is 1. The third-order valence-electron chi connectivity index (χ3n) is 5.47. The Labute approximate surface area is 182 Å². The standard InChI is InChI=1S/C24H29N5O2/c1-6-25-22(30)16-9-7-8-10-18(16)27-23(31)17-13-19(15-11-12-15)26-21-20(17)14(2)28-29(21)24(3,4)5/h7-10,13,15H,6,11-12H2,1-5H3,(H,25,30)(H,27,31). The number of amides is 2. The average Bonchev–Trinajstić information content (AvgIpc) is 3.51. The minimum atomic E-state index is -0.264. The smallest absolute Gasteiger partial charge is 0.256 e. The number of pyridine rings is 1. The van der Waals surface area contributed by atoms with Gasteiger partial charge in [-0.1, -0.05) is 12.1 Å². The average molecular weight is 420 g/mol. The van der Waals surface area contributed by atoms with Crippen LogP contribution in [-0.2, 0) is 5.54 Å². The fraction of sp³-hybridized carbons (Fsp3) is 0.417. The number of nitrogens with zero attached hydrogens (tertiary/aromatic N) is 3. The van der Waals surface area contributed by atoms with Crippen molar-refractivity contribution in [2.45, 2.75) is 58.9 Å². The molecule has 2 N–H and O–H groups in total. The maximum Gasteiger partial charge on any atom is 0.256 e. The summed E-state index contributed by atoms with van der Waals surface area (Å²) in [5.74, 6) is -0.0847. The number of carbonyl (C=O) groups is 2. The van der Waals surface area contributed by atoms with Crippen LogP contribution < -0.4 is 10.6 Å². The first-order valence-electron chi connectivity index (χ1n) is 10.8. The number of carbonyl (C=O) groups excluding carboxylic acids is 2. The molecule has 1 aliphatic carbocycles. The molecule has 0 bridgehead atoms. The largest absolute Gasteiger partial charge is 0.352 e. The van der Waals surface area contributed by atoms with Crippen molar-refractivity contribution in [3.05, 3.63) is 52.8 Å². The lowest BCUT2D eigenvalue weighted by atomic mass is 10.1. The zero-order chi connectivity index (χ0) is 22.3. The fourth-order valence-corrected chi connectivity index (χ4v) is 3.78. The van der Waals surface area contributed by atoms with Crippen molar-refractivity contribution < 1.29 is 9.59 Å². The molecular weight excluding hydrogens is 390 g/mol. The lowest BCUT2D eigenvalue weighted by Crippen LogP contribution is -2.25. The van der Waals surface area contributed by atoms with Gasteiger partial charge >= 0.3 is 0 Å². The maximum absolute atomic E-state index is 13.5. The molecule has 0 unspecified atom stereocenters. The van der Waals surface area contributed by atoms with Gasteiger partial charge in [0.15, 0.2) is 5.65 Å². The predicted octanol–water partition coefficient (Wildman–Crippen LogP) is 4.37. The van der Waals surface area contributed by atoms with E-state index in [1.165, 1.54) is 0 Å². The van der Waals surface area contributed by atoms with Gasteiger partial charge in [-0.2, -0.15) is 5.10 Å². The van der Waals surface area contributed by atoms with Crippen molar-refractivity contribution in [1.29, 1.82) is 0 Å². The lowest BCUT2D eigenvalue weighted by Gasteiger charge is -2.20. The van der Waals surface area contributed by atoms with Crippen LogP contribution in [0.2, 0.25) is 0 Å². The fourth-order valence-electron chi connectivity index (χ4n) is 3.78. The molecular formula is C24H29N5O2. The Morgan fingerprint density at radius 2 is 1.84 bits per heavy atom. The number of aromatic nitrogens is 3. The van der Waals surface area contributed by atoms with E-state index in [2.05, 4.69) is 31.4 Å². The zero-order valence-corrected chi connectivity index (χ0v) is 18.7. The van der Waals surface area contributed by atoms with Gasteiger partial charge in [0.25, 0.3) is 11.8 Å². The van der Waals surface area contributed by atoms with E-state index in [9.17, 15) is 9.59 Å². The first-order chi connectivity index (χ1) is 14.7.